The first-order valence-electron chi connectivity index (χ1n) is 6.58. The molecule has 20 heavy (non-hydrogen) atoms. The van der Waals surface area contributed by atoms with Gasteiger partial charge in [-0.1, -0.05) is 24.3 Å². The minimum atomic E-state index is -0.199. The van der Waals surface area contributed by atoms with Crippen LogP contribution >= 0.6 is 0 Å². The highest BCUT2D eigenvalue weighted by atomic mass is 16.3. The monoisotopic (exact) mass is 268 g/mol. The van der Waals surface area contributed by atoms with E-state index in [0.29, 0.717) is 12.2 Å². The van der Waals surface area contributed by atoms with Crippen LogP contribution in [0, 0.1) is 6.92 Å². The highest BCUT2D eigenvalue weighted by Gasteiger charge is 2.28. The van der Waals surface area contributed by atoms with Crippen LogP contribution < -0.4 is 10.6 Å². The minimum Gasteiger partial charge on any atom is -0.508 e. The number of carbonyl (C=O) groups excluding carboxylic acids is 1. The molecule has 0 aliphatic carbocycles. The zero-order valence-electron chi connectivity index (χ0n) is 11.2. The van der Waals surface area contributed by atoms with Gasteiger partial charge in [0.05, 0.1) is 5.92 Å². The Kier molecular flexibility index (Phi) is 3.06. The molecule has 1 aliphatic rings. The van der Waals surface area contributed by atoms with Crippen LogP contribution in [-0.2, 0) is 4.79 Å². The van der Waals surface area contributed by atoms with Gasteiger partial charge in [-0.05, 0) is 30.2 Å². The lowest BCUT2D eigenvalue weighted by Crippen LogP contribution is -2.22. The van der Waals surface area contributed by atoms with Gasteiger partial charge in [-0.25, -0.2) is 0 Å². The van der Waals surface area contributed by atoms with Gasteiger partial charge >= 0.3 is 0 Å². The first-order chi connectivity index (χ1) is 9.65. The van der Waals surface area contributed by atoms with Crippen molar-refractivity contribution in [2.75, 3.05) is 17.2 Å². The second-order valence-corrected chi connectivity index (χ2v) is 5.01. The maximum Gasteiger partial charge on any atom is 0.233 e. The number of para-hydroxylation sites is 1. The number of fused-ring (bicyclic) bond motifs is 1. The summed E-state index contributed by atoms with van der Waals surface area (Å²) in [5.74, 6) is -0.0758. The van der Waals surface area contributed by atoms with Crippen LogP contribution in [0.25, 0.3) is 0 Å². The smallest absolute Gasteiger partial charge is 0.233 e. The summed E-state index contributed by atoms with van der Waals surface area (Å²) >= 11 is 0. The van der Waals surface area contributed by atoms with Gasteiger partial charge in [-0.3, -0.25) is 4.79 Å². The number of aromatic hydroxyl groups is 1. The van der Waals surface area contributed by atoms with E-state index in [0.717, 1.165) is 16.8 Å². The van der Waals surface area contributed by atoms with Crippen molar-refractivity contribution >= 4 is 17.3 Å². The fraction of sp³-hybridized carbons (Fsp3) is 0.188. The molecule has 1 atom stereocenters. The van der Waals surface area contributed by atoms with Crippen LogP contribution in [0.2, 0.25) is 0 Å². The fourth-order valence-electron chi connectivity index (χ4n) is 2.43. The van der Waals surface area contributed by atoms with Crippen LogP contribution in [0.3, 0.4) is 0 Å². The van der Waals surface area contributed by atoms with Crippen molar-refractivity contribution in [3.63, 3.8) is 0 Å². The molecular formula is C16H16N2O2. The molecule has 0 spiro atoms. The van der Waals surface area contributed by atoms with E-state index in [-0.39, 0.29) is 17.6 Å². The first kappa shape index (κ1) is 12.5. The molecule has 102 valence electrons. The van der Waals surface area contributed by atoms with Crippen LogP contribution in [-0.4, -0.2) is 17.6 Å². The second kappa shape index (κ2) is 4.89. The topological polar surface area (TPSA) is 61.4 Å². The summed E-state index contributed by atoms with van der Waals surface area (Å²) in [5, 5.41) is 15.8. The fourth-order valence-corrected chi connectivity index (χ4v) is 2.43. The van der Waals surface area contributed by atoms with Crippen LogP contribution in [0.1, 0.15) is 17.0 Å². The largest absolute Gasteiger partial charge is 0.508 e. The molecule has 0 aromatic heterocycles. The Morgan fingerprint density at radius 2 is 2.10 bits per heavy atom. The number of carbonyl (C=O) groups is 1. The predicted molar refractivity (Wildman–Crippen MR) is 79.1 cm³/mol. The van der Waals surface area contributed by atoms with Crippen molar-refractivity contribution in [1.29, 1.82) is 0 Å². The van der Waals surface area contributed by atoms with Crippen molar-refractivity contribution in [2.24, 2.45) is 0 Å². The number of phenols is 1. The molecule has 0 radical (unpaired) electrons. The van der Waals surface area contributed by atoms with Crippen LogP contribution in [0.5, 0.6) is 5.75 Å². The SMILES string of the molecule is Cc1ccc(NC(=O)C2CNc3ccccc32)cc1O. The lowest BCUT2D eigenvalue weighted by molar-refractivity contribution is -0.117. The van der Waals surface area contributed by atoms with E-state index in [9.17, 15) is 9.90 Å². The number of hydrogen-bond donors (Lipinski definition) is 3. The lowest BCUT2D eigenvalue weighted by Gasteiger charge is -2.12. The van der Waals surface area contributed by atoms with Gasteiger partial charge in [0, 0.05) is 24.0 Å². The molecule has 3 N–H and O–H groups in total. The summed E-state index contributed by atoms with van der Waals surface area (Å²) in [6.07, 6.45) is 0. The molecule has 2 aromatic carbocycles. The third-order valence-corrected chi connectivity index (χ3v) is 3.63. The Balaban J connectivity index is 1.79. The quantitative estimate of drug-likeness (QED) is 0.785. The summed E-state index contributed by atoms with van der Waals surface area (Å²) < 4.78 is 0. The molecule has 1 unspecified atom stereocenters. The van der Waals surface area contributed by atoms with Crippen molar-refractivity contribution < 1.29 is 9.90 Å². The standard InChI is InChI=1S/C16H16N2O2/c1-10-6-7-11(8-15(10)19)18-16(20)13-9-17-14-5-3-2-4-12(13)14/h2-8,13,17,19H,9H2,1H3,(H,18,20). The van der Waals surface area contributed by atoms with Gasteiger partial charge in [0.2, 0.25) is 5.91 Å². The van der Waals surface area contributed by atoms with Crippen molar-refractivity contribution in [3.05, 3.63) is 53.6 Å². The zero-order chi connectivity index (χ0) is 14.1. The Morgan fingerprint density at radius 1 is 1.30 bits per heavy atom. The highest BCUT2D eigenvalue weighted by molar-refractivity contribution is 5.98. The summed E-state index contributed by atoms with van der Waals surface area (Å²) in [5.41, 5.74) is 3.43. The van der Waals surface area contributed by atoms with Gasteiger partial charge in [-0.2, -0.15) is 0 Å². The molecular weight excluding hydrogens is 252 g/mol. The molecule has 0 saturated heterocycles. The van der Waals surface area contributed by atoms with E-state index >= 15 is 0 Å². The van der Waals surface area contributed by atoms with E-state index in [1.165, 1.54) is 0 Å². The first-order valence-corrected chi connectivity index (χ1v) is 6.58. The summed E-state index contributed by atoms with van der Waals surface area (Å²) in [6, 6.07) is 13.0. The summed E-state index contributed by atoms with van der Waals surface area (Å²) in [7, 11) is 0. The number of anilines is 2. The number of nitrogens with one attached hydrogen (secondary N) is 2. The van der Waals surface area contributed by atoms with Gasteiger partial charge in [0.1, 0.15) is 5.75 Å². The van der Waals surface area contributed by atoms with Gasteiger partial charge in [-0.15, -0.1) is 0 Å². The van der Waals surface area contributed by atoms with E-state index < -0.39 is 0 Å². The minimum absolute atomic E-state index is 0.0642. The zero-order valence-corrected chi connectivity index (χ0v) is 11.2. The second-order valence-electron chi connectivity index (χ2n) is 5.01. The number of rotatable bonds is 2. The summed E-state index contributed by atoms with van der Waals surface area (Å²) in [6.45, 7) is 2.42. The lowest BCUT2D eigenvalue weighted by atomic mass is 10.0. The number of amides is 1. The van der Waals surface area contributed by atoms with Crippen molar-refractivity contribution in [1.82, 2.24) is 0 Å². The van der Waals surface area contributed by atoms with Gasteiger partial charge < -0.3 is 15.7 Å². The molecule has 0 saturated carbocycles. The number of phenolic OH excluding ortho intramolecular Hbond substituents is 1. The van der Waals surface area contributed by atoms with Gasteiger partial charge in [0.15, 0.2) is 0 Å². The van der Waals surface area contributed by atoms with Gasteiger partial charge in [0.25, 0.3) is 0 Å². The number of aryl methyl sites for hydroxylation is 1. The maximum absolute atomic E-state index is 12.3. The van der Waals surface area contributed by atoms with E-state index in [2.05, 4.69) is 10.6 Å². The molecule has 4 nitrogen and oxygen atoms in total. The summed E-state index contributed by atoms with van der Waals surface area (Å²) in [4.78, 5) is 12.3. The third-order valence-electron chi connectivity index (χ3n) is 3.63. The number of hydrogen-bond acceptors (Lipinski definition) is 3. The third kappa shape index (κ3) is 2.20. The number of benzene rings is 2. The normalized spacial score (nSPS) is 16.4. The average molecular weight is 268 g/mol. The Hall–Kier alpha value is -2.49. The van der Waals surface area contributed by atoms with Crippen molar-refractivity contribution in [2.45, 2.75) is 12.8 Å². The Labute approximate surface area is 117 Å². The molecule has 1 aliphatic heterocycles. The predicted octanol–water partition coefficient (Wildman–Crippen LogP) is 2.85. The molecule has 1 heterocycles. The molecule has 2 aromatic rings. The van der Waals surface area contributed by atoms with E-state index in [4.69, 9.17) is 0 Å². The molecule has 3 rings (SSSR count). The average Bonchev–Trinajstić information content (AvgIpc) is 2.87. The molecule has 1 amide bonds. The maximum atomic E-state index is 12.3. The van der Waals surface area contributed by atoms with E-state index in [1.54, 1.807) is 18.2 Å². The highest BCUT2D eigenvalue weighted by Crippen LogP contribution is 2.32. The Bertz CT molecular complexity index is 667. The Morgan fingerprint density at radius 3 is 2.90 bits per heavy atom. The molecule has 4 heteroatoms. The van der Waals surface area contributed by atoms with Crippen LogP contribution in [0.4, 0.5) is 11.4 Å². The van der Waals surface area contributed by atoms with Crippen molar-refractivity contribution in [3.8, 4) is 5.75 Å². The molecule has 0 fully saturated rings. The van der Waals surface area contributed by atoms with Crippen LogP contribution in [0.15, 0.2) is 42.5 Å². The van der Waals surface area contributed by atoms with E-state index in [1.807, 2.05) is 31.2 Å². The molecule has 0 bridgehead atoms.